The van der Waals surface area contributed by atoms with Crippen LogP contribution in [0.3, 0.4) is 0 Å². The quantitative estimate of drug-likeness (QED) is 0.496. The van der Waals surface area contributed by atoms with Crippen LogP contribution in [0.1, 0.15) is 5.56 Å². The highest BCUT2D eigenvalue weighted by atomic mass is 35.5. The Morgan fingerprint density at radius 1 is 1.12 bits per heavy atom. The molecule has 2 heterocycles. The standard InChI is InChI=1S/C22H18ClN3O4S2/c1-30-10-9-25-21(29)19(32-22(25)31)18-15-7-2-3-8-16(15)26(20(18)28)12-17(27)24-14-6-4-5-13(23)11-14/h2-8,11H,9-10,12H2,1H3,(H,24,27). The number of amides is 3. The van der Waals surface area contributed by atoms with Gasteiger partial charge in [-0.25, -0.2) is 0 Å². The van der Waals surface area contributed by atoms with Gasteiger partial charge in [0.05, 0.1) is 29.3 Å². The fourth-order valence-corrected chi connectivity index (χ4v) is 5.06. The molecule has 2 aromatic rings. The van der Waals surface area contributed by atoms with Crippen molar-refractivity contribution in [2.45, 2.75) is 0 Å². The molecule has 0 spiro atoms. The molecule has 0 atom stereocenters. The molecule has 4 rings (SSSR count). The van der Waals surface area contributed by atoms with Crippen molar-refractivity contribution in [3.63, 3.8) is 0 Å². The van der Waals surface area contributed by atoms with Crippen LogP contribution in [0.2, 0.25) is 5.02 Å². The lowest BCUT2D eigenvalue weighted by Crippen LogP contribution is -2.35. The maximum absolute atomic E-state index is 13.4. The SMILES string of the molecule is COCCN1C(=O)C(=C2C(=O)N(CC(=O)Nc3cccc(Cl)c3)c3ccccc32)SC1=S. The fraction of sp³-hybridized carbons (Fsp3) is 0.182. The van der Waals surface area contributed by atoms with Crippen LogP contribution in [0.15, 0.2) is 53.4 Å². The Kier molecular flexibility index (Phi) is 6.61. The molecular formula is C22H18ClN3O4S2. The van der Waals surface area contributed by atoms with Crippen LogP contribution in [-0.4, -0.2) is 53.7 Å². The number of thiocarbonyl (C=S) groups is 1. The van der Waals surface area contributed by atoms with Crippen molar-refractivity contribution in [3.8, 4) is 0 Å². The zero-order chi connectivity index (χ0) is 22.8. The molecule has 10 heteroatoms. The van der Waals surface area contributed by atoms with Gasteiger partial charge in [0.1, 0.15) is 10.9 Å². The summed E-state index contributed by atoms with van der Waals surface area (Å²) in [5, 5.41) is 3.23. The summed E-state index contributed by atoms with van der Waals surface area (Å²) in [4.78, 5) is 42.1. The summed E-state index contributed by atoms with van der Waals surface area (Å²) in [7, 11) is 1.54. The van der Waals surface area contributed by atoms with E-state index in [-0.39, 0.29) is 28.8 Å². The smallest absolute Gasteiger partial charge is 0.267 e. The second-order valence-corrected chi connectivity index (χ2v) is 9.07. The first kappa shape index (κ1) is 22.5. The van der Waals surface area contributed by atoms with Crippen molar-refractivity contribution < 1.29 is 19.1 Å². The van der Waals surface area contributed by atoms with Crippen LogP contribution in [0.4, 0.5) is 11.4 Å². The molecule has 3 amide bonds. The molecule has 1 saturated heterocycles. The molecule has 0 bridgehead atoms. The van der Waals surface area contributed by atoms with E-state index in [9.17, 15) is 14.4 Å². The molecule has 2 aliphatic heterocycles. The molecule has 0 unspecified atom stereocenters. The third-order valence-electron chi connectivity index (χ3n) is 4.93. The number of halogens is 1. The van der Waals surface area contributed by atoms with Crippen LogP contribution in [0.5, 0.6) is 0 Å². The van der Waals surface area contributed by atoms with Gasteiger partial charge in [0, 0.05) is 23.4 Å². The molecule has 0 radical (unpaired) electrons. The number of methoxy groups -OCH3 is 1. The molecule has 2 aliphatic rings. The third kappa shape index (κ3) is 4.29. The molecule has 0 aromatic heterocycles. The average molecular weight is 488 g/mol. The maximum atomic E-state index is 13.4. The number of carbonyl (C=O) groups excluding carboxylic acids is 3. The van der Waals surface area contributed by atoms with Crippen LogP contribution in [0, 0.1) is 0 Å². The second-order valence-electron chi connectivity index (χ2n) is 6.99. The maximum Gasteiger partial charge on any atom is 0.267 e. The van der Waals surface area contributed by atoms with E-state index in [1.807, 2.05) is 0 Å². The van der Waals surface area contributed by atoms with Crippen LogP contribution in [0.25, 0.3) is 5.57 Å². The van der Waals surface area contributed by atoms with Crippen LogP contribution < -0.4 is 10.2 Å². The Balaban J connectivity index is 1.63. The number of hydrogen-bond donors (Lipinski definition) is 1. The number of nitrogens with one attached hydrogen (secondary N) is 1. The average Bonchev–Trinajstić information content (AvgIpc) is 3.19. The highest BCUT2D eigenvalue weighted by Gasteiger charge is 2.42. The minimum absolute atomic E-state index is 0.212. The van der Waals surface area contributed by atoms with Gasteiger partial charge in [0.25, 0.3) is 11.8 Å². The first-order chi connectivity index (χ1) is 15.4. The topological polar surface area (TPSA) is 79.0 Å². The molecule has 1 N–H and O–H groups in total. The van der Waals surface area contributed by atoms with E-state index in [4.69, 9.17) is 28.6 Å². The first-order valence-corrected chi connectivity index (χ1v) is 11.2. The highest BCUT2D eigenvalue weighted by molar-refractivity contribution is 8.26. The van der Waals surface area contributed by atoms with E-state index in [0.29, 0.717) is 39.4 Å². The molecule has 1 fully saturated rings. The number of para-hydroxylation sites is 1. The fourth-order valence-electron chi connectivity index (χ4n) is 3.49. The van der Waals surface area contributed by atoms with Crippen molar-refractivity contribution in [1.82, 2.24) is 4.90 Å². The lowest BCUT2D eigenvalue weighted by Gasteiger charge is -2.17. The van der Waals surface area contributed by atoms with E-state index in [1.165, 1.54) is 9.80 Å². The van der Waals surface area contributed by atoms with Gasteiger partial charge in [-0.15, -0.1) is 0 Å². The predicted octanol–water partition coefficient (Wildman–Crippen LogP) is 3.54. The Bertz CT molecular complexity index is 1170. The molecule has 0 saturated carbocycles. The summed E-state index contributed by atoms with van der Waals surface area (Å²) >= 11 is 12.4. The number of benzene rings is 2. The zero-order valence-electron chi connectivity index (χ0n) is 17.0. The predicted molar refractivity (Wildman–Crippen MR) is 130 cm³/mol. The molecule has 164 valence electrons. The number of fused-ring (bicyclic) bond motifs is 1. The Labute approximate surface area is 199 Å². The van der Waals surface area contributed by atoms with E-state index in [2.05, 4.69) is 5.32 Å². The highest BCUT2D eigenvalue weighted by Crippen LogP contribution is 2.44. The summed E-state index contributed by atoms with van der Waals surface area (Å²) in [5.41, 5.74) is 1.95. The van der Waals surface area contributed by atoms with Gasteiger partial charge in [-0.3, -0.25) is 24.2 Å². The lowest BCUT2D eigenvalue weighted by molar-refractivity contribution is -0.122. The monoisotopic (exact) mass is 487 g/mol. The van der Waals surface area contributed by atoms with Crippen molar-refractivity contribution in [3.05, 3.63) is 64.0 Å². The summed E-state index contributed by atoms with van der Waals surface area (Å²) < 4.78 is 5.42. The van der Waals surface area contributed by atoms with Gasteiger partial charge < -0.3 is 10.1 Å². The Hall–Kier alpha value is -2.72. The number of carbonyl (C=O) groups is 3. The molecular weight excluding hydrogens is 470 g/mol. The third-order valence-corrected chi connectivity index (χ3v) is 6.61. The van der Waals surface area contributed by atoms with Crippen molar-refractivity contribution in [2.24, 2.45) is 0 Å². The summed E-state index contributed by atoms with van der Waals surface area (Å²) in [6, 6.07) is 13.8. The van der Waals surface area contributed by atoms with Gasteiger partial charge in [0.15, 0.2) is 0 Å². The van der Waals surface area contributed by atoms with E-state index in [0.717, 1.165) is 11.8 Å². The largest absolute Gasteiger partial charge is 0.383 e. The van der Waals surface area contributed by atoms with Crippen molar-refractivity contribution >= 4 is 74.6 Å². The van der Waals surface area contributed by atoms with Gasteiger partial charge in [-0.05, 0) is 24.3 Å². The van der Waals surface area contributed by atoms with E-state index in [1.54, 1.807) is 55.6 Å². The zero-order valence-corrected chi connectivity index (χ0v) is 19.4. The number of nitrogens with zero attached hydrogens (tertiary/aromatic N) is 2. The number of anilines is 2. The summed E-state index contributed by atoms with van der Waals surface area (Å²) in [6.07, 6.45) is 0. The first-order valence-electron chi connectivity index (χ1n) is 9.64. The number of rotatable bonds is 6. The minimum atomic E-state index is -0.417. The van der Waals surface area contributed by atoms with Crippen LogP contribution in [-0.2, 0) is 19.1 Å². The molecule has 32 heavy (non-hydrogen) atoms. The number of hydrogen-bond acceptors (Lipinski definition) is 6. The van der Waals surface area contributed by atoms with E-state index >= 15 is 0 Å². The lowest BCUT2D eigenvalue weighted by atomic mass is 10.1. The molecule has 2 aromatic carbocycles. The number of thioether (sulfide) groups is 1. The van der Waals surface area contributed by atoms with Crippen molar-refractivity contribution in [1.29, 1.82) is 0 Å². The van der Waals surface area contributed by atoms with Crippen LogP contribution >= 0.6 is 35.6 Å². The van der Waals surface area contributed by atoms with Gasteiger partial charge in [0.2, 0.25) is 5.91 Å². The second kappa shape index (κ2) is 9.41. The summed E-state index contributed by atoms with van der Waals surface area (Å²) in [5.74, 6) is -1.13. The van der Waals surface area contributed by atoms with Gasteiger partial charge in [-0.2, -0.15) is 0 Å². The number of ether oxygens (including phenoxy) is 1. The van der Waals surface area contributed by atoms with Gasteiger partial charge >= 0.3 is 0 Å². The van der Waals surface area contributed by atoms with E-state index < -0.39 is 5.91 Å². The Morgan fingerprint density at radius 2 is 1.91 bits per heavy atom. The molecule has 7 nitrogen and oxygen atoms in total. The summed E-state index contributed by atoms with van der Waals surface area (Å²) in [6.45, 7) is 0.421. The normalized spacial score (nSPS) is 17.9. The van der Waals surface area contributed by atoms with Gasteiger partial charge in [-0.1, -0.05) is 59.8 Å². The minimum Gasteiger partial charge on any atom is -0.383 e. The molecule has 0 aliphatic carbocycles. The Morgan fingerprint density at radius 3 is 2.66 bits per heavy atom. The van der Waals surface area contributed by atoms with Crippen molar-refractivity contribution in [2.75, 3.05) is 37.0 Å².